The molecule has 4 nitrogen and oxygen atoms in total. The third kappa shape index (κ3) is 3.59. The lowest BCUT2D eigenvalue weighted by Crippen LogP contribution is -2.40. The van der Waals surface area contributed by atoms with E-state index in [9.17, 15) is 13.6 Å². The van der Waals surface area contributed by atoms with E-state index in [2.05, 4.69) is 9.57 Å². The van der Waals surface area contributed by atoms with Gasteiger partial charge in [-0.15, -0.1) is 0 Å². The van der Waals surface area contributed by atoms with Gasteiger partial charge in [0.15, 0.2) is 0 Å². The van der Waals surface area contributed by atoms with Crippen molar-refractivity contribution in [3.05, 3.63) is 0 Å². The molecule has 72 valence electrons. The Morgan fingerprint density at radius 1 is 1.58 bits per heavy atom. The van der Waals surface area contributed by atoms with E-state index >= 15 is 0 Å². The molecular formula is C6H11F2NO3. The molecule has 0 aliphatic rings. The SMILES string of the molecule is CCOC(=O)C(F)(F)CNOC. The van der Waals surface area contributed by atoms with Crippen molar-refractivity contribution in [3.63, 3.8) is 0 Å². The van der Waals surface area contributed by atoms with Crippen LogP contribution in [0.2, 0.25) is 0 Å². The van der Waals surface area contributed by atoms with Crippen molar-refractivity contribution in [1.82, 2.24) is 5.48 Å². The number of alkyl halides is 2. The van der Waals surface area contributed by atoms with E-state index in [-0.39, 0.29) is 6.61 Å². The third-order valence-corrected chi connectivity index (χ3v) is 1.01. The average molecular weight is 183 g/mol. The first-order valence-corrected chi connectivity index (χ1v) is 3.35. The lowest BCUT2D eigenvalue weighted by molar-refractivity contribution is -0.173. The topological polar surface area (TPSA) is 47.6 Å². The maximum atomic E-state index is 12.6. The van der Waals surface area contributed by atoms with Gasteiger partial charge in [-0.3, -0.25) is 0 Å². The molecule has 0 rings (SSSR count). The minimum absolute atomic E-state index is 0.0681. The number of rotatable bonds is 5. The van der Waals surface area contributed by atoms with Crippen molar-refractivity contribution in [3.8, 4) is 0 Å². The largest absolute Gasteiger partial charge is 0.462 e. The van der Waals surface area contributed by atoms with Gasteiger partial charge in [-0.25, -0.2) is 4.79 Å². The Morgan fingerprint density at radius 2 is 2.17 bits per heavy atom. The second-order valence-corrected chi connectivity index (χ2v) is 1.95. The van der Waals surface area contributed by atoms with Gasteiger partial charge in [0.2, 0.25) is 0 Å². The number of carbonyl (C=O) groups excluding carboxylic acids is 1. The molecule has 0 bridgehead atoms. The summed E-state index contributed by atoms with van der Waals surface area (Å²) in [6, 6.07) is 0. The summed E-state index contributed by atoms with van der Waals surface area (Å²) in [6.07, 6.45) is 0. The van der Waals surface area contributed by atoms with E-state index in [0.717, 1.165) is 0 Å². The Hall–Kier alpha value is -0.750. The maximum absolute atomic E-state index is 12.6. The molecule has 0 unspecified atom stereocenters. The van der Waals surface area contributed by atoms with Crippen LogP contribution in [0.4, 0.5) is 8.78 Å². The van der Waals surface area contributed by atoms with Crippen LogP contribution in [0.5, 0.6) is 0 Å². The molecule has 6 heteroatoms. The van der Waals surface area contributed by atoms with E-state index < -0.39 is 18.4 Å². The van der Waals surface area contributed by atoms with Crippen LogP contribution >= 0.6 is 0 Å². The Bertz CT molecular complexity index is 152. The van der Waals surface area contributed by atoms with Crippen molar-refractivity contribution in [2.45, 2.75) is 12.8 Å². The number of carbonyl (C=O) groups is 1. The van der Waals surface area contributed by atoms with Crippen molar-refractivity contribution in [2.24, 2.45) is 0 Å². The molecule has 1 N–H and O–H groups in total. The molecule has 0 aliphatic heterocycles. The van der Waals surface area contributed by atoms with Gasteiger partial charge in [0.05, 0.1) is 20.3 Å². The molecule has 12 heavy (non-hydrogen) atoms. The third-order valence-electron chi connectivity index (χ3n) is 1.01. The zero-order valence-corrected chi connectivity index (χ0v) is 6.89. The standard InChI is InChI=1S/C6H11F2NO3/c1-3-12-5(10)6(7,8)4-9-11-2/h9H,3-4H2,1-2H3. The molecule has 0 aliphatic carbocycles. The molecule has 0 spiro atoms. The molecule has 0 heterocycles. The lowest BCUT2D eigenvalue weighted by Gasteiger charge is -2.13. The summed E-state index contributed by atoms with van der Waals surface area (Å²) < 4.78 is 29.3. The number of hydroxylamine groups is 1. The number of hydrogen-bond donors (Lipinski definition) is 1. The van der Waals surface area contributed by atoms with Gasteiger partial charge in [-0.1, -0.05) is 0 Å². The van der Waals surface area contributed by atoms with Crippen molar-refractivity contribution >= 4 is 5.97 Å². The highest BCUT2D eigenvalue weighted by Crippen LogP contribution is 2.13. The van der Waals surface area contributed by atoms with Gasteiger partial charge in [0.25, 0.3) is 0 Å². The van der Waals surface area contributed by atoms with Crippen molar-refractivity contribution in [2.75, 3.05) is 20.3 Å². The monoisotopic (exact) mass is 183 g/mol. The highest BCUT2D eigenvalue weighted by atomic mass is 19.3. The average Bonchev–Trinajstić information content (AvgIpc) is 2.01. The quantitative estimate of drug-likeness (QED) is 0.493. The van der Waals surface area contributed by atoms with Crippen LogP contribution < -0.4 is 5.48 Å². The first-order chi connectivity index (χ1) is 5.54. The van der Waals surface area contributed by atoms with Crippen LogP contribution in [0, 0.1) is 0 Å². The molecule has 0 saturated carbocycles. The Morgan fingerprint density at radius 3 is 2.58 bits per heavy atom. The molecule has 0 aromatic carbocycles. The second kappa shape index (κ2) is 5.00. The Kier molecular flexibility index (Phi) is 4.68. The van der Waals surface area contributed by atoms with E-state index in [1.54, 1.807) is 0 Å². The first-order valence-electron chi connectivity index (χ1n) is 3.35. The van der Waals surface area contributed by atoms with Gasteiger partial charge in [0, 0.05) is 0 Å². The predicted molar refractivity (Wildman–Crippen MR) is 36.6 cm³/mol. The van der Waals surface area contributed by atoms with E-state index in [4.69, 9.17) is 0 Å². The second-order valence-electron chi connectivity index (χ2n) is 1.95. The Labute approximate surface area is 68.8 Å². The molecule has 0 saturated heterocycles. The summed E-state index contributed by atoms with van der Waals surface area (Å²) >= 11 is 0. The van der Waals surface area contributed by atoms with Crippen LogP contribution in [0.1, 0.15) is 6.92 Å². The number of esters is 1. The van der Waals surface area contributed by atoms with Gasteiger partial charge in [0.1, 0.15) is 0 Å². The summed E-state index contributed by atoms with van der Waals surface area (Å²) in [7, 11) is 1.18. The molecule has 0 aromatic rings. The normalized spacial score (nSPS) is 11.3. The molecular weight excluding hydrogens is 172 g/mol. The summed E-state index contributed by atoms with van der Waals surface area (Å²) in [5.74, 6) is -5.08. The van der Waals surface area contributed by atoms with Gasteiger partial charge < -0.3 is 9.57 Å². The number of ether oxygens (including phenoxy) is 1. The zero-order chi connectivity index (χ0) is 9.61. The minimum atomic E-state index is -3.54. The van der Waals surface area contributed by atoms with Crippen molar-refractivity contribution in [1.29, 1.82) is 0 Å². The summed E-state index contributed by atoms with van der Waals surface area (Å²) in [4.78, 5) is 14.7. The van der Waals surface area contributed by atoms with Crippen LogP contribution in [0.15, 0.2) is 0 Å². The lowest BCUT2D eigenvalue weighted by atomic mass is 10.3. The smallest absolute Gasteiger partial charge is 0.378 e. The highest BCUT2D eigenvalue weighted by molar-refractivity contribution is 5.77. The molecule has 0 atom stereocenters. The minimum Gasteiger partial charge on any atom is -0.462 e. The van der Waals surface area contributed by atoms with Crippen LogP contribution in [0.3, 0.4) is 0 Å². The predicted octanol–water partition coefficient (Wildman–Crippen LogP) is 0.336. The van der Waals surface area contributed by atoms with Crippen LogP contribution in [0.25, 0.3) is 0 Å². The van der Waals surface area contributed by atoms with Crippen LogP contribution in [-0.2, 0) is 14.4 Å². The fraction of sp³-hybridized carbons (Fsp3) is 0.833. The molecule has 0 radical (unpaired) electrons. The van der Waals surface area contributed by atoms with E-state index in [1.165, 1.54) is 14.0 Å². The van der Waals surface area contributed by atoms with Gasteiger partial charge >= 0.3 is 11.9 Å². The van der Waals surface area contributed by atoms with Crippen molar-refractivity contribution < 1.29 is 23.1 Å². The molecule has 0 aromatic heterocycles. The zero-order valence-electron chi connectivity index (χ0n) is 6.89. The fourth-order valence-electron chi connectivity index (χ4n) is 0.472. The molecule has 0 amide bonds. The fourth-order valence-corrected chi connectivity index (χ4v) is 0.472. The van der Waals surface area contributed by atoms with Crippen LogP contribution in [-0.4, -0.2) is 32.2 Å². The van der Waals surface area contributed by atoms with E-state index in [1.807, 2.05) is 5.48 Å². The molecule has 0 fully saturated rings. The Balaban J connectivity index is 3.90. The van der Waals surface area contributed by atoms with Gasteiger partial charge in [-0.05, 0) is 6.92 Å². The summed E-state index contributed by atoms with van der Waals surface area (Å²) in [5.41, 5.74) is 1.88. The number of nitrogens with one attached hydrogen (secondary N) is 1. The first kappa shape index (κ1) is 11.2. The summed E-state index contributed by atoms with van der Waals surface area (Å²) in [5, 5.41) is 0. The van der Waals surface area contributed by atoms with E-state index in [0.29, 0.717) is 0 Å². The number of halogens is 2. The van der Waals surface area contributed by atoms with Gasteiger partial charge in [-0.2, -0.15) is 14.3 Å². The number of hydrogen-bond acceptors (Lipinski definition) is 4. The highest BCUT2D eigenvalue weighted by Gasteiger charge is 2.40. The maximum Gasteiger partial charge on any atom is 0.378 e. The summed E-state index contributed by atoms with van der Waals surface area (Å²) in [6.45, 7) is 0.501.